The molecule has 0 aliphatic carbocycles. The van der Waals surface area contributed by atoms with Crippen molar-refractivity contribution in [2.24, 2.45) is 0 Å². The van der Waals surface area contributed by atoms with Crippen LogP contribution in [-0.4, -0.2) is 26.9 Å². The van der Waals surface area contributed by atoms with Gasteiger partial charge in [0.25, 0.3) is 5.56 Å². The number of aromatic amines is 1. The van der Waals surface area contributed by atoms with Gasteiger partial charge in [-0.15, -0.1) is 0 Å². The third kappa shape index (κ3) is 4.33. The first-order chi connectivity index (χ1) is 14.1. The van der Waals surface area contributed by atoms with E-state index in [4.69, 9.17) is 4.42 Å². The zero-order valence-corrected chi connectivity index (χ0v) is 16.4. The van der Waals surface area contributed by atoms with Gasteiger partial charge in [0.2, 0.25) is 0 Å². The van der Waals surface area contributed by atoms with Crippen LogP contribution < -0.4 is 5.56 Å². The quantitative estimate of drug-likeness (QED) is 0.535. The summed E-state index contributed by atoms with van der Waals surface area (Å²) in [6, 6.07) is 17.3. The summed E-state index contributed by atoms with van der Waals surface area (Å²) in [4.78, 5) is 25.8. The van der Waals surface area contributed by atoms with Crippen LogP contribution in [0, 0.1) is 0 Å². The summed E-state index contributed by atoms with van der Waals surface area (Å²) >= 11 is 0. The molecule has 3 heterocycles. The molecule has 4 rings (SSSR count). The Kier molecular flexibility index (Phi) is 5.35. The monoisotopic (exact) mass is 386 g/mol. The van der Waals surface area contributed by atoms with Crippen LogP contribution in [0.2, 0.25) is 0 Å². The fraction of sp³-hybridized carbons (Fsp3) is 0.174. The van der Waals surface area contributed by atoms with E-state index in [0.29, 0.717) is 11.5 Å². The van der Waals surface area contributed by atoms with E-state index in [9.17, 15) is 4.79 Å². The summed E-state index contributed by atoms with van der Waals surface area (Å²) in [6.45, 7) is 2.90. The highest BCUT2D eigenvalue weighted by Gasteiger charge is 2.14. The van der Waals surface area contributed by atoms with Gasteiger partial charge in [0, 0.05) is 36.1 Å². The summed E-state index contributed by atoms with van der Waals surface area (Å²) in [7, 11) is 2.07. The maximum atomic E-state index is 12.1. The number of furan rings is 1. The van der Waals surface area contributed by atoms with Crippen molar-refractivity contribution in [3.63, 3.8) is 0 Å². The molecule has 0 bridgehead atoms. The lowest BCUT2D eigenvalue weighted by molar-refractivity contribution is 0.223. The molecule has 1 N–H and O–H groups in total. The van der Waals surface area contributed by atoms with Crippen LogP contribution in [0.5, 0.6) is 0 Å². The molecule has 0 saturated heterocycles. The number of pyridine rings is 1. The minimum absolute atomic E-state index is 0.180. The molecular weight excluding hydrogens is 364 g/mol. The second-order valence-corrected chi connectivity index (χ2v) is 7.02. The first-order valence-electron chi connectivity index (χ1n) is 9.45. The molecule has 146 valence electrons. The molecule has 6 heteroatoms. The van der Waals surface area contributed by atoms with Gasteiger partial charge in [-0.2, -0.15) is 0 Å². The molecule has 6 nitrogen and oxygen atoms in total. The van der Waals surface area contributed by atoms with Gasteiger partial charge in [0.05, 0.1) is 18.0 Å². The predicted molar refractivity (Wildman–Crippen MR) is 112 cm³/mol. The van der Waals surface area contributed by atoms with E-state index in [-0.39, 0.29) is 11.6 Å². The lowest BCUT2D eigenvalue weighted by atomic mass is 10.1. The highest BCUT2D eigenvalue weighted by atomic mass is 16.3. The number of hydrogen-bond donors (Lipinski definition) is 1. The van der Waals surface area contributed by atoms with E-state index in [2.05, 4.69) is 46.0 Å². The van der Waals surface area contributed by atoms with Crippen LogP contribution in [0.25, 0.3) is 22.6 Å². The van der Waals surface area contributed by atoms with Crippen molar-refractivity contribution in [3.8, 4) is 22.6 Å². The molecule has 0 fully saturated rings. The van der Waals surface area contributed by atoms with Crippen molar-refractivity contribution in [1.82, 2.24) is 19.9 Å². The lowest BCUT2D eigenvalue weighted by Gasteiger charge is -2.23. The molecule has 0 amide bonds. The minimum Gasteiger partial charge on any atom is -0.468 e. The Labute approximate surface area is 168 Å². The molecule has 29 heavy (non-hydrogen) atoms. The molecule has 0 saturated carbocycles. The Hall–Kier alpha value is -3.51. The fourth-order valence-corrected chi connectivity index (χ4v) is 3.20. The maximum Gasteiger partial charge on any atom is 0.251 e. The molecule has 1 aromatic carbocycles. The molecule has 1 atom stereocenters. The second-order valence-electron chi connectivity index (χ2n) is 7.02. The highest BCUT2D eigenvalue weighted by molar-refractivity contribution is 5.63. The summed E-state index contributed by atoms with van der Waals surface area (Å²) in [5.74, 6) is 1.49. The van der Waals surface area contributed by atoms with Crippen LogP contribution in [-0.2, 0) is 6.54 Å². The summed E-state index contributed by atoms with van der Waals surface area (Å²) in [6.07, 6.45) is 5.07. The first-order valence-corrected chi connectivity index (χ1v) is 9.45. The van der Waals surface area contributed by atoms with E-state index in [1.807, 2.05) is 36.4 Å². The van der Waals surface area contributed by atoms with Crippen molar-refractivity contribution in [2.45, 2.75) is 19.5 Å². The van der Waals surface area contributed by atoms with Crippen LogP contribution in [0.4, 0.5) is 0 Å². The van der Waals surface area contributed by atoms with Crippen LogP contribution in [0.1, 0.15) is 24.3 Å². The normalized spacial score (nSPS) is 12.2. The first kappa shape index (κ1) is 18.8. The standard InChI is InChI=1S/C23H22N4O2/c1-16(21-4-3-13-29-21)27(2)15-17-5-7-19(8-6-17)23-25-20(14-22(28)26-23)18-9-11-24-12-10-18/h3-14,16H,15H2,1-2H3,(H,25,26,28). The van der Waals surface area contributed by atoms with E-state index >= 15 is 0 Å². The smallest absolute Gasteiger partial charge is 0.251 e. The largest absolute Gasteiger partial charge is 0.468 e. The Morgan fingerprint density at radius 3 is 2.52 bits per heavy atom. The molecule has 0 radical (unpaired) electrons. The Morgan fingerprint density at radius 2 is 1.83 bits per heavy atom. The SMILES string of the molecule is CC(c1ccco1)N(C)Cc1ccc(-c2nc(-c3ccncc3)cc(=O)[nH]2)cc1. The Bertz CT molecular complexity index is 1120. The van der Waals surface area contributed by atoms with Crippen molar-refractivity contribution in [2.75, 3.05) is 7.05 Å². The van der Waals surface area contributed by atoms with Crippen molar-refractivity contribution in [3.05, 3.63) is 94.9 Å². The topological polar surface area (TPSA) is 75.0 Å². The summed E-state index contributed by atoms with van der Waals surface area (Å²) in [5, 5.41) is 0. The minimum atomic E-state index is -0.183. The van der Waals surface area contributed by atoms with Gasteiger partial charge in [-0.1, -0.05) is 24.3 Å². The van der Waals surface area contributed by atoms with Crippen molar-refractivity contribution >= 4 is 0 Å². The zero-order valence-electron chi connectivity index (χ0n) is 16.4. The van der Waals surface area contributed by atoms with E-state index < -0.39 is 0 Å². The van der Waals surface area contributed by atoms with Crippen molar-refractivity contribution < 1.29 is 4.42 Å². The van der Waals surface area contributed by atoms with E-state index in [0.717, 1.165) is 23.4 Å². The van der Waals surface area contributed by atoms with Crippen molar-refractivity contribution in [1.29, 1.82) is 0 Å². The highest BCUT2D eigenvalue weighted by Crippen LogP contribution is 2.23. The van der Waals surface area contributed by atoms with Gasteiger partial charge in [-0.05, 0) is 43.8 Å². The molecule has 4 aromatic rings. The number of benzene rings is 1. The Morgan fingerprint density at radius 1 is 1.07 bits per heavy atom. The van der Waals surface area contributed by atoms with Gasteiger partial charge < -0.3 is 9.40 Å². The number of H-pyrrole nitrogens is 1. The third-order valence-corrected chi connectivity index (χ3v) is 4.99. The van der Waals surface area contributed by atoms with Gasteiger partial charge in [0.15, 0.2) is 0 Å². The molecule has 0 spiro atoms. The molecule has 1 unspecified atom stereocenters. The Balaban J connectivity index is 1.54. The number of aromatic nitrogens is 3. The average Bonchev–Trinajstić information content (AvgIpc) is 3.29. The third-order valence-electron chi connectivity index (χ3n) is 4.99. The van der Waals surface area contributed by atoms with Gasteiger partial charge in [-0.25, -0.2) is 4.98 Å². The summed E-state index contributed by atoms with van der Waals surface area (Å²) < 4.78 is 5.50. The molecule has 0 aliphatic heterocycles. The number of hydrogen-bond acceptors (Lipinski definition) is 5. The van der Waals surface area contributed by atoms with Crippen LogP contribution >= 0.6 is 0 Å². The lowest BCUT2D eigenvalue weighted by Crippen LogP contribution is -2.21. The molecular formula is C23H22N4O2. The van der Waals surface area contributed by atoms with E-state index in [1.54, 1.807) is 18.7 Å². The van der Waals surface area contributed by atoms with Gasteiger partial charge >= 0.3 is 0 Å². The number of rotatable bonds is 6. The van der Waals surface area contributed by atoms with Crippen LogP contribution in [0.3, 0.4) is 0 Å². The number of nitrogens with zero attached hydrogens (tertiary/aromatic N) is 3. The maximum absolute atomic E-state index is 12.1. The van der Waals surface area contributed by atoms with Gasteiger partial charge in [0.1, 0.15) is 11.6 Å². The molecule has 3 aromatic heterocycles. The van der Waals surface area contributed by atoms with E-state index in [1.165, 1.54) is 11.6 Å². The average molecular weight is 386 g/mol. The van der Waals surface area contributed by atoms with Gasteiger partial charge in [-0.3, -0.25) is 14.7 Å². The fourth-order valence-electron chi connectivity index (χ4n) is 3.20. The summed E-state index contributed by atoms with van der Waals surface area (Å²) in [5.41, 5.74) is 3.34. The second kappa shape index (κ2) is 8.24. The van der Waals surface area contributed by atoms with Crippen LogP contribution in [0.15, 0.2) is 82.5 Å². The number of nitrogens with one attached hydrogen (secondary N) is 1. The zero-order chi connectivity index (χ0) is 20.2. The molecule has 0 aliphatic rings. The predicted octanol–water partition coefficient (Wildman–Crippen LogP) is 4.28.